The second kappa shape index (κ2) is 8.38. The molecule has 0 radical (unpaired) electrons. The lowest BCUT2D eigenvalue weighted by atomic mass is 9.85. The number of Topliss-reactive ketones (excluding diaryl/α,β-unsaturated/α-hetero) is 2. The Hall–Kier alpha value is -3.03. The topological polar surface area (TPSA) is 114 Å². The SMILES string of the molecule is CC(=O)c1c(C)[nH]c(C(=O)[C@H](C)OC(=O)CCN2C(=O)[C@H]3CC=CC[C@H]3C2=O)c1C. The van der Waals surface area contributed by atoms with Crippen molar-refractivity contribution in [3.8, 4) is 0 Å². The zero-order valence-corrected chi connectivity index (χ0v) is 17.6. The van der Waals surface area contributed by atoms with E-state index in [4.69, 9.17) is 4.74 Å². The number of carbonyl (C=O) groups excluding carboxylic acids is 5. The number of rotatable bonds is 7. The zero-order valence-electron chi connectivity index (χ0n) is 17.6. The van der Waals surface area contributed by atoms with E-state index < -0.39 is 17.9 Å². The molecule has 2 heterocycles. The Balaban J connectivity index is 1.58. The Morgan fingerprint density at radius 2 is 1.70 bits per heavy atom. The molecular formula is C22H26N2O6. The van der Waals surface area contributed by atoms with Gasteiger partial charge in [-0.05, 0) is 46.1 Å². The van der Waals surface area contributed by atoms with E-state index in [1.54, 1.807) is 13.8 Å². The van der Waals surface area contributed by atoms with Gasteiger partial charge in [0.15, 0.2) is 11.9 Å². The summed E-state index contributed by atoms with van der Waals surface area (Å²) >= 11 is 0. The van der Waals surface area contributed by atoms with Gasteiger partial charge in [0.25, 0.3) is 0 Å². The summed E-state index contributed by atoms with van der Waals surface area (Å²) in [7, 11) is 0. The minimum atomic E-state index is -1.06. The molecule has 1 saturated heterocycles. The first kappa shape index (κ1) is 21.7. The molecule has 8 heteroatoms. The van der Waals surface area contributed by atoms with Crippen LogP contribution < -0.4 is 0 Å². The Bertz CT molecular complexity index is 931. The van der Waals surface area contributed by atoms with Crippen molar-refractivity contribution < 1.29 is 28.7 Å². The van der Waals surface area contributed by atoms with E-state index in [0.29, 0.717) is 29.7 Å². The van der Waals surface area contributed by atoms with Gasteiger partial charge in [-0.3, -0.25) is 28.9 Å². The van der Waals surface area contributed by atoms with Crippen molar-refractivity contribution in [2.45, 2.75) is 53.1 Å². The number of aromatic nitrogens is 1. The van der Waals surface area contributed by atoms with Crippen LogP contribution in [0.1, 0.15) is 65.2 Å². The third kappa shape index (κ3) is 3.86. The summed E-state index contributed by atoms with van der Waals surface area (Å²) in [5, 5.41) is 0. The van der Waals surface area contributed by atoms with Gasteiger partial charge in [0.2, 0.25) is 17.6 Å². The normalized spacial score (nSPS) is 21.5. The number of nitrogens with one attached hydrogen (secondary N) is 1. The molecule has 1 fully saturated rings. The number of carbonyl (C=O) groups is 5. The van der Waals surface area contributed by atoms with Crippen LogP contribution in [0.3, 0.4) is 0 Å². The highest BCUT2D eigenvalue weighted by atomic mass is 16.5. The highest BCUT2D eigenvalue weighted by Crippen LogP contribution is 2.35. The second-order valence-corrected chi connectivity index (χ2v) is 7.91. The van der Waals surface area contributed by atoms with Crippen LogP contribution in [-0.4, -0.2) is 51.9 Å². The highest BCUT2D eigenvalue weighted by molar-refractivity contribution is 6.06. The molecule has 0 spiro atoms. The van der Waals surface area contributed by atoms with Crippen LogP contribution in [0.2, 0.25) is 0 Å². The van der Waals surface area contributed by atoms with Gasteiger partial charge in [-0.25, -0.2) is 0 Å². The Morgan fingerprint density at radius 3 is 2.20 bits per heavy atom. The standard InChI is InChI=1S/C22H26N2O6/c1-11-18(13(3)25)12(2)23-19(11)20(27)14(4)30-17(26)9-10-24-21(28)15-7-5-6-8-16(15)22(24)29/h5-6,14-16,23H,7-10H2,1-4H3/t14-,15-,16+/m0/s1. The van der Waals surface area contributed by atoms with Gasteiger partial charge in [-0.15, -0.1) is 0 Å². The van der Waals surface area contributed by atoms with E-state index in [9.17, 15) is 24.0 Å². The van der Waals surface area contributed by atoms with Gasteiger partial charge in [-0.1, -0.05) is 12.2 Å². The first-order chi connectivity index (χ1) is 14.1. The van der Waals surface area contributed by atoms with Crippen LogP contribution in [0, 0.1) is 25.7 Å². The van der Waals surface area contributed by atoms with Crippen LogP contribution in [0.4, 0.5) is 0 Å². The number of H-pyrrole nitrogens is 1. The minimum absolute atomic E-state index is 0.0560. The van der Waals surface area contributed by atoms with Crippen molar-refractivity contribution in [1.29, 1.82) is 0 Å². The molecule has 2 amide bonds. The van der Waals surface area contributed by atoms with Crippen molar-refractivity contribution in [1.82, 2.24) is 9.88 Å². The fourth-order valence-corrected chi connectivity index (χ4v) is 4.33. The lowest BCUT2D eigenvalue weighted by Gasteiger charge is -2.16. The van der Waals surface area contributed by atoms with E-state index in [0.717, 1.165) is 4.90 Å². The van der Waals surface area contributed by atoms with Crippen LogP contribution in [-0.2, 0) is 19.1 Å². The van der Waals surface area contributed by atoms with Crippen LogP contribution in [0.25, 0.3) is 0 Å². The van der Waals surface area contributed by atoms with E-state index in [-0.39, 0.29) is 48.1 Å². The van der Waals surface area contributed by atoms with Crippen molar-refractivity contribution in [2.75, 3.05) is 6.54 Å². The maximum absolute atomic E-state index is 12.7. The number of amides is 2. The number of esters is 1. The fraction of sp³-hybridized carbons (Fsp3) is 0.500. The molecule has 0 aromatic carbocycles. The molecule has 0 unspecified atom stereocenters. The molecule has 3 rings (SSSR count). The number of imide groups is 1. The molecule has 8 nitrogen and oxygen atoms in total. The summed E-state index contributed by atoms with van der Waals surface area (Å²) in [5.41, 5.74) is 1.81. The first-order valence-corrected chi connectivity index (χ1v) is 10.1. The van der Waals surface area contributed by atoms with Crippen LogP contribution in [0.5, 0.6) is 0 Å². The number of nitrogens with zero attached hydrogens (tertiary/aromatic N) is 1. The number of ketones is 2. The first-order valence-electron chi connectivity index (χ1n) is 10.1. The molecule has 30 heavy (non-hydrogen) atoms. The Labute approximate surface area is 174 Å². The monoisotopic (exact) mass is 414 g/mol. The number of likely N-dealkylation sites (tertiary alicyclic amines) is 1. The quantitative estimate of drug-likeness (QED) is 0.317. The summed E-state index contributed by atoms with van der Waals surface area (Å²) < 4.78 is 5.23. The predicted molar refractivity (Wildman–Crippen MR) is 107 cm³/mol. The fourth-order valence-electron chi connectivity index (χ4n) is 4.33. The maximum Gasteiger partial charge on any atom is 0.308 e. The van der Waals surface area contributed by atoms with Crippen molar-refractivity contribution in [3.63, 3.8) is 0 Å². The van der Waals surface area contributed by atoms with Crippen molar-refractivity contribution in [2.24, 2.45) is 11.8 Å². The van der Waals surface area contributed by atoms with Gasteiger partial charge >= 0.3 is 5.97 Å². The third-order valence-corrected chi connectivity index (χ3v) is 5.85. The van der Waals surface area contributed by atoms with E-state index >= 15 is 0 Å². The van der Waals surface area contributed by atoms with Crippen LogP contribution in [0.15, 0.2) is 12.2 Å². The van der Waals surface area contributed by atoms with Gasteiger partial charge in [0.05, 0.1) is 24.0 Å². The number of aryl methyl sites for hydroxylation is 1. The zero-order chi connectivity index (χ0) is 22.2. The molecule has 2 aliphatic rings. The molecule has 0 saturated carbocycles. The third-order valence-electron chi connectivity index (χ3n) is 5.85. The molecular weight excluding hydrogens is 388 g/mol. The molecule has 1 aliphatic carbocycles. The molecule has 3 atom stereocenters. The smallest absolute Gasteiger partial charge is 0.308 e. The number of ether oxygens (including phenoxy) is 1. The Kier molecular flexibility index (Phi) is 6.05. The minimum Gasteiger partial charge on any atom is -0.454 e. The largest absolute Gasteiger partial charge is 0.454 e. The van der Waals surface area contributed by atoms with Crippen molar-refractivity contribution in [3.05, 3.63) is 34.7 Å². The molecule has 160 valence electrons. The van der Waals surface area contributed by atoms with E-state index in [1.807, 2.05) is 12.2 Å². The summed E-state index contributed by atoms with van der Waals surface area (Å²) in [4.78, 5) is 65.6. The van der Waals surface area contributed by atoms with E-state index in [2.05, 4.69) is 4.98 Å². The molecule has 1 aromatic heterocycles. The molecule has 0 bridgehead atoms. The van der Waals surface area contributed by atoms with E-state index in [1.165, 1.54) is 13.8 Å². The van der Waals surface area contributed by atoms with Gasteiger partial charge in [-0.2, -0.15) is 0 Å². The number of fused-ring (bicyclic) bond motifs is 1. The maximum atomic E-state index is 12.7. The molecule has 1 N–H and O–H groups in total. The van der Waals surface area contributed by atoms with Crippen molar-refractivity contribution >= 4 is 29.4 Å². The Morgan fingerprint density at radius 1 is 1.13 bits per heavy atom. The second-order valence-electron chi connectivity index (χ2n) is 7.91. The lowest BCUT2D eigenvalue weighted by Crippen LogP contribution is -2.34. The average Bonchev–Trinajstić information content (AvgIpc) is 3.13. The summed E-state index contributed by atoms with van der Waals surface area (Å²) in [6, 6.07) is 0. The predicted octanol–water partition coefficient (Wildman–Crippen LogP) is 2.29. The summed E-state index contributed by atoms with van der Waals surface area (Å²) in [6.45, 7) is 6.19. The van der Waals surface area contributed by atoms with Gasteiger partial charge in [0.1, 0.15) is 0 Å². The molecule has 1 aliphatic heterocycles. The number of hydrogen-bond donors (Lipinski definition) is 1. The van der Waals surface area contributed by atoms with Crippen LogP contribution >= 0.6 is 0 Å². The highest BCUT2D eigenvalue weighted by Gasteiger charge is 2.47. The molecule has 1 aromatic rings. The summed E-state index contributed by atoms with van der Waals surface area (Å²) in [6.07, 6.45) is 3.64. The number of allylic oxidation sites excluding steroid dienone is 2. The number of aromatic amines is 1. The average molecular weight is 414 g/mol. The lowest BCUT2D eigenvalue weighted by molar-refractivity contribution is -0.147. The van der Waals surface area contributed by atoms with Gasteiger partial charge in [0, 0.05) is 17.8 Å². The van der Waals surface area contributed by atoms with Gasteiger partial charge < -0.3 is 9.72 Å². The summed E-state index contributed by atoms with van der Waals surface area (Å²) in [5.74, 6) is -2.44. The number of hydrogen-bond acceptors (Lipinski definition) is 6.